The molecule has 1 aromatic rings. The maximum Gasteiger partial charge on any atom is 0.315 e. The highest BCUT2D eigenvalue weighted by Gasteiger charge is 2.12. The Bertz CT molecular complexity index is 375. The molecule has 1 rings (SSSR count). The highest BCUT2D eigenvalue weighted by atomic mass is 16.4. The second-order valence-electron chi connectivity index (χ2n) is 4.02. The van der Waals surface area contributed by atoms with Gasteiger partial charge < -0.3 is 20.2 Å². The summed E-state index contributed by atoms with van der Waals surface area (Å²) >= 11 is 0. The highest BCUT2D eigenvalue weighted by Crippen LogP contribution is 2.06. The van der Waals surface area contributed by atoms with Gasteiger partial charge in [-0.05, 0) is 18.1 Å². The van der Waals surface area contributed by atoms with Crippen LogP contribution in [0.2, 0.25) is 0 Å². The van der Waals surface area contributed by atoms with E-state index in [2.05, 4.69) is 10.6 Å². The Morgan fingerprint density at radius 1 is 1.44 bits per heavy atom. The number of carbonyl (C=O) groups is 2. The van der Waals surface area contributed by atoms with Gasteiger partial charge in [0.1, 0.15) is 5.76 Å². The molecule has 6 nitrogen and oxygen atoms in total. The van der Waals surface area contributed by atoms with Crippen LogP contribution < -0.4 is 10.6 Å². The Morgan fingerprint density at radius 2 is 2.22 bits per heavy atom. The number of nitrogens with one attached hydrogen (secondary N) is 2. The minimum absolute atomic E-state index is 0.0446. The van der Waals surface area contributed by atoms with Crippen molar-refractivity contribution < 1.29 is 19.1 Å². The normalized spacial score (nSPS) is 11.8. The standard InChI is InChI=1S/C12H18N2O4/c1-2-9(6-11(15)16)7-13-12(17)14-8-10-4-3-5-18-10/h3-5,9H,2,6-8H2,1H3,(H,15,16)(H2,13,14,17). The average Bonchev–Trinajstić information content (AvgIpc) is 2.84. The quantitative estimate of drug-likeness (QED) is 0.689. The summed E-state index contributed by atoms with van der Waals surface area (Å²) in [6.45, 7) is 2.57. The lowest BCUT2D eigenvalue weighted by molar-refractivity contribution is -0.138. The summed E-state index contributed by atoms with van der Waals surface area (Å²) in [4.78, 5) is 22.0. The van der Waals surface area contributed by atoms with Crippen molar-refractivity contribution in [3.05, 3.63) is 24.2 Å². The number of amides is 2. The second kappa shape index (κ2) is 7.37. The van der Waals surface area contributed by atoms with Crippen LogP contribution in [0.25, 0.3) is 0 Å². The van der Waals surface area contributed by atoms with E-state index in [1.807, 2.05) is 6.92 Å². The van der Waals surface area contributed by atoms with Crippen LogP contribution >= 0.6 is 0 Å². The molecule has 0 saturated carbocycles. The zero-order chi connectivity index (χ0) is 13.4. The van der Waals surface area contributed by atoms with Gasteiger partial charge in [0.05, 0.1) is 12.8 Å². The summed E-state index contributed by atoms with van der Waals surface area (Å²) in [5.74, 6) is -0.223. The molecule has 1 atom stereocenters. The van der Waals surface area contributed by atoms with Gasteiger partial charge in [0.25, 0.3) is 0 Å². The van der Waals surface area contributed by atoms with E-state index in [1.165, 1.54) is 6.26 Å². The van der Waals surface area contributed by atoms with E-state index in [1.54, 1.807) is 12.1 Å². The molecule has 18 heavy (non-hydrogen) atoms. The molecule has 2 amide bonds. The molecule has 0 aliphatic heterocycles. The summed E-state index contributed by atoms with van der Waals surface area (Å²) in [5.41, 5.74) is 0. The Hall–Kier alpha value is -1.98. The van der Waals surface area contributed by atoms with Crippen LogP contribution in [0, 0.1) is 5.92 Å². The van der Waals surface area contributed by atoms with Gasteiger partial charge in [-0.2, -0.15) is 0 Å². The largest absolute Gasteiger partial charge is 0.481 e. The fourth-order valence-electron chi connectivity index (χ4n) is 1.49. The Labute approximate surface area is 105 Å². The molecule has 0 aliphatic rings. The Balaban J connectivity index is 2.21. The van der Waals surface area contributed by atoms with Crippen molar-refractivity contribution in [2.75, 3.05) is 6.54 Å². The van der Waals surface area contributed by atoms with Crippen LogP contribution in [0.4, 0.5) is 4.79 Å². The van der Waals surface area contributed by atoms with Gasteiger partial charge in [-0.1, -0.05) is 13.3 Å². The van der Waals surface area contributed by atoms with Crippen molar-refractivity contribution in [2.45, 2.75) is 26.3 Å². The lowest BCUT2D eigenvalue weighted by atomic mass is 10.0. The lowest BCUT2D eigenvalue weighted by Crippen LogP contribution is -2.38. The Morgan fingerprint density at radius 3 is 2.78 bits per heavy atom. The van der Waals surface area contributed by atoms with Crippen molar-refractivity contribution in [1.82, 2.24) is 10.6 Å². The van der Waals surface area contributed by atoms with Crippen LogP contribution in [-0.4, -0.2) is 23.7 Å². The van der Waals surface area contributed by atoms with Crippen molar-refractivity contribution in [3.63, 3.8) is 0 Å². The number of rotatable bonds is 7. The second-order valence-corrected chi connectivity index (χ2v) is 4.02. The minimum Gasteiger partial charge on any atom is -0.481 e. The van der Waals surface area contributed by atoms with E-state index < -0.39 is 5.97 Å². The first kappa shape index (κ1) is 14.1. The number of furan rings is 1. The zero-order valence-electron chi connectivity index (χ0n) is 10.3. The van der Waals surface area contributed by atoms with Crippen LogP contribution in [0.5, 0.6) is 0 Å². The molecule has 100 valence electrons. The summed E-state index contributed by atoms with van der Waals surface area (Å²) in [6, 6.07) is 3.18. The first-order valence-corrected chi connectivity index (χ1v) is 5.87. The lowest BCUT2D eigenvalue weighted by Gasteiger charge is -2.13. The SMILES string of the molecule is CCC(CNC(=O)NCc1ccco1)CC(=O)O. The summed E-state index contributed by atoms with van der Waals surface area (Å²) in [7, 11) is 0. The van der Waals surface area contributed by atoms with Crippen LogP contribution in [0.1, 0.15) is 25.5 Å². The molecule has 0 radical (unpaired) electrons. The first-order valence-electron chi connectivity index (χ1n) is 5.87. The van der Waals surface area contributed by atoms with Crippen molar-refractivity contribution in [3.8, 4) is 0 Å². The van der Waals surface area contributed by atoms with Gasteiger partial charge in [-0.15, -0.1) is 0 Å². The highest BCUT2D eigenvalue weighted by molar-refractivity contribution is 5.73. The number of carboxylic acid groups (broad SMARTS) is 1. The average molecular weight is 254 g/mol. The van der Waals surface area contributed by atoms with Gasteiger partial charge >= 0.3 is 12.0 Å². The van der Waals surface area contributed by atoms with Crippen LogP contribution in [0.15, 0.2) is 22.8 Å². The fraction of sp³-hybridized carbons (Fsp3) is 0.500. The van der Waals surface area contributed by atoms with Gasteiger partial charge in [-0.3, -0.25) is 4.79 Å². The van der Waals surface area contributed by atoms with E-state index in [-0.39, 0.29) is 18.4 Å². The Kier molecular flexibility index (Phi) is 5.76. The van der Waals surface area contributed by atoms with Gasteiger partial charge in [-0.25, -0.2) is 4.79 Å². The van der Waals surface area contributed by atoms with Gasteiger partial charge in [0, 0.05) is 13.0 Å². The summed E-state index contributed by atoms with van der Waals surface area (Å²) in [6.07, 6.45) is 2.31. The molecule has 3 N–H and O–H groups in total. The van der Waals surface area contributed by atoms with E-state index in [9.17, 15) is 9.59 Å². The fourth-order valence-corrected chi connectivity index (χ4v) is 1.49. The molecular formula is C12H18N2O4. The number of urea groups is 1. The molecular weight excluding hydrogens is 236 g/mol. The third kappa shape index (κ3) is 5.38. The number of hydrogen-bond donors (Lipinski definition) is 3. The summed E-state index contributed by atoms with van der Waals surface area (Å²) < 4.78 is 5.06. The molecule has 6 heteroatoms. The number of carbonyl (C=O) groups excluding carboxylic acids is 1. The maximum atomic E-state index is 11.4. The molecule has 0 spiro atoms. The van der Waals surface area contributed by atoms with Gasteiger partial charge in [0.15, 0.2) is 0 Å². The van der Waals surface area contributed by atoms with Crippen molar-refractivity contribution >= 4 is 12.0 Å². The molecule has 0 saturated heterocycles. The van der Waals surface area contributed by atoms with Crippen LogP contribution in [-0.2, 0) is 11.3 Å². The predicted molar refractivity (Wildman–Crippen MR) is 65.0 cm³/mol. The predicted octanol–water partition coefficient (Wildman–Crippen LogP) is 1.58. The topological polar surface area (TPSA) is 91.6 Å². The van der Waals surface area contributed by atoms with E-state index in [0.29, 0.717) is 25.3 Å². The maximum absolute atomic E-state index is 11.4. The van der Waals surface area contributed by atoms with Crippen molar-refractivity contribution in [2.24, 2.45) is 5.92 Å². The summed E-state index contributed by atoms with van der Waals surface area (Å²) in [5, 5.41) is 13.9. The van der Waals surface area contributed by atoms with Crippen LogP contribution in [0.3, 0.4) is 0 Å². The monoisotopic (exact) mass is 254 g/mol. The first-order chi connectivity index (χ1) is 8.61. The van der Waals surface area contributed by atoms with E-state index >= 15 is 0 Å². The molecule has 0 aliphatic carbocycles. The van der Waals surface area contributed by atoms with Crippen molar-refractivity contribution in [1.29, 1.82) is 0 Å². The number of hydrogen-bond acceptors (Lipinski definition) is 3. The minimum atomic E-state index is -0.848. The van der Waals surface area contributed by atoms with E-state index in [0.717, 1.165) is 0 Å². The van der Waals surface area contributed by atoms with E-state index in [4.69, 9.17) is 9.52 Å². The number of carboxylic acids is 1. The molecule has 0 fully saturated rings. The smallest absolute Gasteiger partial charge is 0.315 e. The number of aliphatic carboxylic acids is 1. The van der Waals surface area contributed by atoms with Gasteiger partial charge in [0.2, 0.25) is 0 Å². The third-order valence-corrected chi connectivity index (χ3v) is 2.60. The molecule has 1 aromatic heterocycles. The zero-order valence-corrected chi connectivity index (χ0v) is 10.3. The molecule has 0 bridgehead atoms. The molecule has 1 heterocycles. The molecule has 1 unspecified atom stereocenters. The molecule has 0 aromatic carbocycles. The third-order valence-electron chi connectivity index (χ3n) is 2.60.